The van der Waals surface area contributed by atoms with Crippen LogP contribution in [0.4, 0.5) is 0 Å². The zero-order valence-electron chi connectivity index (χ0n) is 10.6. The van der Waals surface area contributed by atoms with E-state index in [1.54, 1.807) is 0 Å². The standard InChI is InChI=1S/C15H17N3/c1-16-9-12-10-17-14(18-11-12)15(7-8-15)13-5-3-2-4-6-13/h2-6,10-11,16H,7-9H2,1H3. The van der Waals surface area contributed by atoms with Gasteiger partial charge in [-0.2, -0.15) is 0 Å². The van der Waals surface area contributed by atoms with Gasteiger partial charge in [0.15, 0.2) is 0 Å². The molecule has 0 spiro atoms. The van der Waals surface area contributed by atoms with Gasteiger partial charge in [-0.25, -0.2) is 9.97 Å². The van der Waals surface area contributed by atoms with Gasteiger partial charge < -0.3 is 5.32 Å². The van der Waals surface area contributed by atoms with E-state index in [0.29, 0.717) is 0 Å². The number of benzene rings is 1. The van der Waals surface area contributed by atoms with Crippen molar-refractivity contribution in [2.24, 2.45) is 0 Å². The summed E-state index contributed by atoms with van der Waals surface area (Å²) in [6, 6.07) is 10.6. The Kier molecular flexibility index (Phi) is 2.84. The quantitative estimate of drug-likeness (QED) is 0.889. The van der Waals surface area contributed by atoms with Crippen molar-refractivity contribution in [2.45, 2.75) is 24.8 Å². The molecular formula is C15H17N3. The van der Waals surface area contributed by atoms with Crippen LogP contribution in [0, 0.1) is 0 Å². The second kappa shape index (κ2) is 4.50. The Labute approximate surface area is 107 Å². The van der Waals surface area contributed by atoms with Crippen molar-refractivity contribution in [1.29, 1.82) is 0 Å². The van der Waals surface area contributed by atoms with Crippen LogP contribution in [0.15, 0.2) is 42.7 Å². The molecule has 92 valence electrons. The molecule has 1 heterocycles. The van der Waals surface area contributed by atoms with Crippen LogP contribution in [0.3, 0.4) is 0 Å². The van der Waals surface area contributed by atoms with Gasteiger partial charge in [0.2, 0.25) is 0 Å². The molecule has 0 amide bonds. The molecule has 2 aromatic rings. The zero-order valence-corrected chi connectivity index (χ0v) is 10.6. The number of nitrogens with one attached hydrogen (secondary N) is 1. The monoisotopic (exact) mass is 239 g/mol. The molecular weight excluding hydrogens is 222 g/mol. The lowest BCUT2D eigenvalue weighted by molar-refractivity contribution is 0.736. The van der Waals surface area contributed by atoms with Crippen LogP contribution in [0.5, 0.6) is 0 Å². The van der Waals surface area contributed by atoms with Gasteiger partial charge in [0.1, 0.15) is 5.82 Å². The third-order valence-electron chi connectivity index (χ3n) is 3.59. The van der Waals surface area contributed by atoms with Crippen LogP contribution < -0.4 is 5.32 Å². The summed E-state index contributed by atoms with van der Waals surface area (Å²) in [6.45, 7) is 0.818. The van der Waals surface area contributed by atoms with Crippen LogP contribution in [-0.2, 0) is 12.0 Å². The van der Waals surface area contributed by atoms with Crippen molar-refractivity contribution < 1.29 is 0 Å². The van der Waals surface area contributed by atoms with E-state index in [1.165, 1.54) is 5.56 Å². The molecule has 1 aliphatic carbocycles. The van der Waals surface area contributed by atoms with Gasteiger partial charge in [-0.05, 0) is 25.5 Å². The Morgan fingerprint density at radius 2 is 1.78 bits per heavy atom. The van der Waals surface area contributed by atoms with Gasteiger partial charge in [-0.15, -0.1) is 0 Å². The number of aromatic nitrogens is 2. The largest absolute Gasteiger partial charge is 0.316 e. The molecule has 0 saturated heterocycles. The summed E-state index contributed by atoms with van der Waals surface area (Å²) in [7, 11) is 1.93. The van der Waals surface area contributed by atoms with Crippen molar-refractivity contribution in [3.05, 3.63) is 59.7 Å². The Morgan fingerprint density at radius 1 is 1.11 bits per heavy atom. The Hall–Kier alpha value is -1.74. The molecule has 0 unspecified atom stereocenters. The fourth-order valence-electron chi connectivity index (χ4n) is 2.42. The fourth-order valence-corrected chi connectivity index (χ4v) is 2.42. The van der Waals surface area contributed by atoms with E-state index >= 15 is 0 Å². The van der Waals surface area contributed by atoms with E-state index in [1.807, 2.05) is 19.4 Å². The molecule has 0 aliphatic heterocycles. The molecule has 0 bridgehead atoms. The first kappa shape index (κ1) is 11.4. The second-order valence-corrected chi connectivity index (χ2v) is 4.89. The third-order valence-corrected chi connectivity index (χ3v) is 3.59. The minimum Gasteiger partial charge on any atom is -0.316 e. The molecule has 1 saturated carbocycles. The molecule has 1 aromatic heterocycles. The molecule has 3 heteroatoms. The smallest absolute Gasteiger partial charge is 0.138 e. The molecule has 1 aliphatic rings. The summed E-state index contributed by atoms with van der Waals surface area (Å²) < 4.78 is 0. The van der Waals surface area contributed by atoms with Gasteiger partial charge in [0, 0.05) is 24.5 Å². The van der Waals surface area contributed by atoms with E-state index in [0.717, 1.165) is 30.8 Å². The lowest BCUT2D eigenvalue weighted by Crippen LogP contribution is -2.14. The van der Waals surface area contributed by atoms with Crippen molar-refractivity contribution in [3.8, 4) is 0 Å². The van der Waals surface area contributed by atoms with Crippen LogP contribution in [0.25, 0.3) is 0 Å². The fraction of sp³-hybridized carbons (Fsp3) is 0.333. The van der Waals surface area contributed by atoms with Crippen LogP contribution in [-0.4, -0.2) is 17.0 Å². The van der Waals surface area contributed by atoms with Crippen molar-refractivity contribution in [1.82, 2.24) is 15.3 Å². The summed E-state index contributed by atoms with van der Waals surface area (Å²) in [5.41, 5.74) is 2.55. The van der Waals surface area contributed by atoms with Gasteiger partial charge in [-0.3, -0.25) is 0 Å². The number of rotatable bonds is 4. The second-order valence-electron chi connectivity index (χ2n) is 4.89. The maximum absolute atomic E-state index is 4.56. The van der Waals surface area contributed by atoms with Crippen LogP contribution in [0.1, 0.15) is 29.8 Å². The van der Waals surface area contributed by atoms with E-state index in [9.17, 15) is 0 Å². The van der Waals surface area contributed by atoms with E-state index in [4.69, 9.17) is 0 Å². The lowest BCUT2D eigenvalue weighted by atomic mass is 9.95. The molecule has 1 N–H and O–H groups in total. The Bertz CT molecular complexity index is 515. The van der Waals surface area contributed by atoms with Gasteiger partial charge in [0.25, 0.3) is 0 Å². The van der Waals surface area contributed by atoms with Crippen LogP contribution in [0.2, 0.25) is 0 Å². The SMILES string of the molecule is CNCc1cnc(C2(c3ccccc3)CC2)nc1. The van der Waals surface area contributed by atoms with Gasteiger partial charge >= 0.3 is 0 Å². The van der Waals surface area contributed by atoms with Crippen molar-refractivity contribution >= 4 is 0 Å². The number of hydrogen-bond acceptors (Lipinski definition) is 3. The highest BCUT2D eigenvalue weighted by Gasteiger charge is 2.48. The first-order valence-electron chi connectivity index (χ1n) is 6.37. The van der Waals surface area contributed by atoms with E-state index < -0.39 is 0 Å². The molecule has 3 nitrogen and oxygen atoms in total. The van der Waals surface area contributed by atoms with Gasteiger partial charge in [0.05, 0.1) is 5.41 Å². The predicted molar refractivity (Wildman–Crippen MR) is 71.3 cm³/mol. The Morgan fingerprint density at radius 3 is 2.33 bits per heavy atom. The average molecular weight is 239 g/mol. The van der Waals surface area contributed by atoms with E-state index in [2.05, 4.69) is 45.6 Å². The first-order chi connectivity index (χ1) is 8.85. The topological polar surface area (TPSA) is 37.8 Å². The predicted octanol–water partition coefficient (Wildman–Crippen LogP) is 2.28. The molecule has 1 fully saturated rings. The first-order valence-corrected chi connectivity index (χ1v) is 6.37. The molecule has 3 rings (SSSR count). The number of nitrogens with zero attached hydrogens (tertiary/aromatic N) is 2. The van der Waals surface area contributed by atoms with Crippen molar-refractivity contribution in [2.75, 3.05) is 7.05 Å². The lowest BCUT2D eigenvalue weighted by Gasteiger charge is -2.14. The summed E-state index contributed by atoms with van der Waals surface area (Å²) in [5, 5.41) is 3.11. The summed E-state index contributed by atoms with van der Waals surface area (Å²) >= 11 is 0. The maximum Gasteiger partial charge on any atom is 0.138 e. The Balaban J connectivity index is 1.90. The van der Waals surface area contributed by atoms with E-state index in [-0.39, 0.29) is 5.41 Å². The van der Waals surface area contributed by atoms with Crippen molar-refractivity contribution in [3.63, 3.8) is 0 Å². The molecule has 1 aromatic carbocycles. The van der Waals surface area contributed by atoms with Gasteiger partial charge in [-0.1, -0.05) is 30.3 Å². The minimum absolute atomic E-state index is 0.0828. The summed E-state index contributed by atoms with van der Waals surface area (Å²) in [5.74, 6) is 0.966. The molecule has 18 heavy (non-hydrogen) atoms. The highest BCUT2D eigenvalue weighted by molar-refractivity contribution is 5.39. The van der Waals surface area contributed by atoms with Crippen LogP contribution >= 0.6 is 0 Å². The summed E-state index contributed by atoms with van der Waals surface area (Å²) in [4.78, 5) is 9.11. The minimum atomic E-state index is 0.0828. The highest BCUT2D eigenvalue weighted by atomic mass is 14.9. The zero-order chi connectivity index (χ0) is 12.4. The normalized spacial score (nSPS) is 16.5. The summed E-state index contributed by atoms with van der Waals surface area (Å²) in [6.07, 6.45) is 6.18. The third kappa shape index (κ3) is 1.91. The molecule has 0 atom stereocenters. The highest BCUT2D eigenvalue weighted by Crippen LogP contribution is 2.51. The average Bonchev–Trinajstić information content (AvgIpc) is 3.23. The molecule has 0 radical (unpaired) electrons. The maximum atomic E-state index is 4.56. The number of hydrogen-bond donors (Lipinski definition) is 1.